The van der Waals surface area contributed by atoms with E-state index in [4.69, 9.17) is 4.42 Å². The summed E-state index contributed by atoms with van der Waals surface area (Å²) in [4.78, 5) is 27.1. The van der Waals surface area contributed by atoms with E-state index in [9.17, 15) is 9.59 Å². The van der Waals surface area contributed by atoms with Gasteiger partial charge in [-0.15, -0.1) is 0 Å². The van der Waals surface area contributed by atoms with Crippen LogP contribution in [0.2, 0.25) is 0 Å². The predicted octanol–water partition coefficient (Wildman–Crippen LogP) is 3.64. The van der Waals surface area contributed by atoms with Crippen LogP contribution in [-0.2, 0) is 6.42 Å². The lowest BCUT2D eigenvalue weighted by Crippen LogP contribution is -2.38. The van der Waals surface area contributed by atoms with Gasteiger partial charge < -0.3 is 9.32 Å². The Morgan fingerprint density at radius 3 is 2.68 bits per heavy atom. The lowest BCUT2D eigenvalue weighted by Gasteiger charge is -2.24. The highest BCUT2D eigenvalue weighted by Gasteiger charge is 2.31. The zero-order chi connectivity index (χ0) is 17.2. The first-order valence-electron chi connectivity index (χ1n) is 8.60. The number of hydrogen-bond acceptors (Lipinski definition) is 3. The first-order valence-corrected chi connectivity index (χ1v) is 8.60. The molecule has 1 aliphatic rings. The number of fused-ring (bicyclic) bond motifs is 1. The summed E-state index contributed by atoms with van der Waals surface area (Å²) in [6, 6.07) is 19.2. The Morgan fingerprint density at radius 1 is 1.08 bits per heavy atom. The third-order valence-electron chi connectivity index (χ3n) is 4.82. The van der Waals surface area contributed by atoms with Crippen molar-refractivity contribution in [1.29, 1.82) is 0 Å². The van der Waals surface area contributed by atoms with Gasteiger partial charge >= 0.3 is 5.63 Å². The zero-order valence-electron chi connectivity index (χ0n) is 13.9. The maximum Gasteiger partial charge on any atom is 0.349 e. The Morgan fingerprint density at radius 2 is 1.84 bits per heavy atom. The van der Waals surface area contributed by atoms with Crippen LogP contribution in [0.4, 0.5) is 0 Å². The monoisotopic (exact) mass is 333 g/mol. The standard InChI is InChI=1S/C21H19NO3/c23-20(18-14-16-9-4-5-11-19(16)25-21(18)24)22-12-6-10-17(22)13-15-7-2-1-3-8-15/h1-5,7-9,11,14,17H,6,10,12-13H2/t17-/m1/s1. The third kappa shape index (κ3) is 3.07. The van der Waals surface area contributed by atoms with Crippen molar-refractivity contribution >= 4 is 16.9 Å². The SMILES string of the molecule is O=C(c1cc2ccccc2oc1=O)N1CCC[C@@H]1Cc1ccccc1. The lowest BCUT2D eigenvalue weighted by molar-refractivity contribution is 0.0732. The summed E-state index contributed by atoms with van der Waals surface area (Å²) in [6.45, 7) is 0.683. The zero-order valence-corrected chi connectivity index (χ0v) is 13.9. The molecule has 1 saturated heterocycles. The van der Waals surface area contributed by atoms with Gasteiger partial charge in [0.05, 0.1) is 0 Å². The third-order valence-corrected chi connectivity index (χ3v) is 4.82. The lowest BCUT2D eigenvalue weighted by atomic mass is 10.0. The van der Waals surface area contributed by atoms with Gasteiger partial charge in [-0.25, -0.2) is 4.79 Å². The van der Waals surface area contributed by atoms with Gasteiger partial charge in [0.25, 0.3) is 5.91 Å². The molecule has 0 radical (unpaired) electrons. The average molecular weight is 333 g/mol. The van der Waals surface area contributed by atoms with Crippen LogP contribution >= 0.6 is 0 Å². The summed E-state index contributed by atoms with van der Waals surface area (Å²) < 4.78 is 5.32. The van der Waals surface area contributed by atoms with Crippen LogP contribution in [0.5, 0.6) is 0 Å². The molecule has 0 N–H and O–H groups in total. The van der Waals surface area contributed by atoms with Crippen LogP contribution in [0.25, 0.3) is 11.0 Å². The van der Waals surface area contributed by atoms with Gasteiger partial charge in [0, 0.05) is 18.0 Å². The van der Waals surface area contributed by atoms with E-state index in [2.05, 4.69) is 12.1 Å². The molecule has 2 heterocycles. The van der Waals surface area contributed by atoms with Gasteiger partial charge in [0.1, 0.15) is 11.1 Å². The molecule has 1 aromatic heterocycles. The first-order chi connectivity index (χ1) is 12.2. The van der Waals surface area contributed by atoms with E-state index in [1.807, 2.05) is 41.3 Å². The van der Waals surface area contributed by atoms with Crippen molar-refractivity contribution in [2.45, 2.75) is 25.3 Å². The van der Waals surface area contributed by atoms with Gasteiger partial charge in [-0.2, -0.15) is 0 Å². The van der Waals surface area contributed by atoms with Crippen LogP contribution in [0.3, 0.4) is 0 Å². The highest BCUT2D eigenvalue weighted by atomic mass is 16.4. The number of nitrogens with zero attached hydrogens (tertiary/aromatic N) is 1. The Kier molecular flexibility index (Phi) is 4.10. The first kappa shape index (κ1) is 15.6. The highest BCUT2D eigenvalue weighted by molar-refractivity contribution is 5.97. The van der Waals surface area contributed by atoms with Gasteiger partial charge in [-0.1, -0.05) is 48.5 Å². The largest absolute Gasteiger partial charge is 0.422 e. The number of para-hydroxylation sites is 1. The summed E-state index contributed by atoms with van der Waals surface area (Å²) in [7, 11) is 0. The Balaban J connectivity index is 1.63. The Bertz CT molecular complexity index is 962. The molecule has 4 heteroatoms. The molecule has 0 aliphatic carbocycles. The fourth-order valence-corrected chi connectivity index (χ4v) is 3.57. The Hall–Kier alpha value is -2.88. The van der Waals surface area contributed by atoms with Crippen molar-refractivity contribution in [3.8, 4) is 0 Å². The fraction of sp³-hybridized carbons (Fsp3) is 0.238. The quantitative estimate of drug-likeness (QED) is 0.688. The van der Waals surface area contributed by atoms with Gasteiger partial charge in [-0.3, -0.25) is 4.79 Å². The topological polar surface area (TPSA) is 50.5 Å². The summed E-state index contributed by atoms with van der Waals surface area (Å²) in [5, 5.41) is 0.768. The highest BCUT2D eigenvalue weighted by Crippen LogP contribution is 2.23. The average Bonchev–Trinajstić information content (AvgIpc) is 3.09. The van der Waals surface area contributed by atoms with Gasteiger partial charge in [-0.05, 0) is 37.0 Å². The van der Waals surface area contributed by atoms with Gasteiger partial charge in [0.2, 0.25) is 0 Å². The summed E-state index contributed by atoms with van der Waals surface area (Å²) in [5.41, 5.74) is 1.27. The van der Waals surface area contributed by atoms with Crippen molar-refractivity contribution in [3.63, 3.8) is 0 Å². The van der Waals surface area contributed by atoms with Crippen molar-refractivity contribution in [2.75, 3.05) is 6.54 Å². The number of amides is 1. The molecule has 3 aromatic rings. The maximum absolute atomic E-state index is 13.0. The number of hydrogen-bond donors (Lipinski definition) is 0. The van der Waals surface area contributed by atoms with Crippen LogP contribution in [0.15, 0.2) is 69.9 Å². The molecular weight excluding hydrogens is 314 g/mol. The van der Waals surface area contributed by atoms with Crippen molar-refractivity contribution in [2.24, 2.45) is 0 Å². The molecular formula is C21H19NO3. The molecule has 1 fully saturated rings. The molecule has 1 atom stereocenters. The van der Waals surface area contributed by atoms with E-state index in [0.717, 1.165) is 24.6 Å². The molecule has 0 spiro atoms. The molecule has 126 valence electrons. The summed E-state index contributed by atoms with van der Waals surface area (Å²) in [6.07, 6.45) is 2.73. The van der Waals surface area contributed by atoms with E-state index in [1.165, 1.54) is 5.56 Å². The normalized spacial score (nSPS) is 17.1. The minimum absolute atomic E-state index is 0.124. The number of rotatable bonds is 3. The smallest absolute Gasteiger partial charge is 0.349 e. The van der Waals surface area contributed by atoms with Crippen LogP contribution in [0.1, 0.15) is 28.8 Å². The van der Waals surface area contributed by atoms with E-state index in [0.29, 0.717) is 12.1 Å². The molecule has 0 bridgehead atoms. The minimum Gasteiger partial charge on any atom is -0.422 e. The molecule has 1 aliphatic heterocycles. The van der Waals surface area contributed by atoms with Crippen LogP contribution in [-0.4, -0.2) is 23.4 Å². The molecule has 4 rings (SSSR count). The van der Waals surface area contributed by atoms with Crippen molar-refractivity contribution in [3.05, 3.63) is 82.2 Å². The Labute approximate surface area is 145 Å². The predicted molar refractivity (Wildman–Crippen MR) is 96.7 cm³/mol. The second-order valence-electron chi connectivity index (χ2n) is 6.47. The molecule has 25 heavy (non-hydrogen) atoms. The number of likely N-dealkylation sites (tertiary alicyclic amines) is 1. The molecule has 2 aromatic carbocycles. The van der Waals surface area contributed by atoms with Crippen LogP contribution in [0, 0.1) is 0 Å². The van der Waals surface area contributed by atoms with Crippen molar-refractivity contribution in [1.82, 2.24) is 4.90 Å². The number of carbonyl (C=O) groups is 1. The van der Waals surface area contributed by atoms with Crippen LogP contribution < -0.4 is 5.63 Å². The van der Waals surface area contributed by atoms with E-state index in [1.54, 1.807) is 12.1 Å². The summed E-state index contributed by atoms with van der Waals surface area (Å²) >= 11 is 0. The second-order valence-corrected chi connectivity index (χ2v) is 6.47. The number of benzene rings is 2. The van der Waals surface area contributed by atoms with E-state index in [-0.39, 0.29) is 17.5 Å². The molecule has 4 nitrogen and oxygen atoms in total. The molecule has 0 unspecified atom stereocenters. The summed E-state index contributed by atoms with van der Waals surface area (Å²) in [5.74, 6) is -0.224. The number of carbonyl (C=O) groups excluding carboxylic acids is 1. The molecule has 1 amide bonds. The fourth-order valence-electron chi connectivity index (χ4n) is 3.57. The van der Waals surface area contributed by atoms with E-state index >= 15 is 0 Å². The minimum atomic E-state index is -0.561. The maximum atomic E-state index is 13.0. The van der Waals surface area contributed by atoms with Gasteiger partial charge in [0.15, 0.2) is 0 Å². The van der Waals surface area contributed by atoms with E-state index < -0.39 is 5.63 Å². The molecule has 0 saturated carbocycles. The van der Waals surface area contributed by atoms with Crippen molar-refractivity contribution < 1.29 is 9.21 Å². The second kappa shape index (κ2) is 6.55.